The molecule has 0 spiro atoms. The molecule has 0 aromatic carbocycles. The minimum atomic E-state index is -3.72. The molecule has 0 N–H and O–H groups in total. The van der Waals surface area contributed by atoms with E-state index in [2.05, 4.69) is 17.4 Å². The molecule has 4 nitrogen and oxygen atoms in total. The van der Waals surface area contributed by atoms with Crippen molar-refractivity contribution in [2.75, 3.05) is 13.2 Å². The molecule has 0 radical (unpaired) electrons. The molecule has 0 aliphatic carbocycles. The molecule has 0 saturated heterocycles. The van der Waals surface area contributed by atoms with Crippen LogP contribution in [0.3, 0.4) is 0 Å². The van der Waals surface area contributed by atoms with Gasteiger partial charge in [0, 0.05) is 0 Å². The molecule has 0 bridgehead atoms. The van der Waals surface area contributed by atoms with Crippen molar-refractivity contribution in [2.45, 2.75) is 64.0 Å². The second-order valence-electron chi connectivity index (χ2n) is 5.28. The molecule has 0 aromatic heterocycles. The molecule has 22 heavy (non-hydrogen) atoms. The van der Waals surface area contributed by atoms with Crippen LogP contribution in [0.2, 0.25) is 0 Å². The summed E-state index contributed by atoms with van der Waals surface area (Å²) >= 11 is 2.83. The number of esters is 2. The van der Waals surface area contributed by atoms with Gasteiger partial charge in [0.2, 0.25) is 0 Å². The smallest absolute Gasteiger partial charge is 0.388 e. The lowest BCUT2D eigenvalue weighted by molar-refractivity contribution is -0.160. The van der Waals surface area contributed by atoms with Crippen molar-refractivity contribution in [3.8, 4) is 0 Å². The van der Waals surface area contributed by atoms with E-state index in [4.69, 9.17) is 4.74 Å². The molecule has 7 heteroatoms. The van der Waals surface area contributed by atoms with Crippen LogP contribution in [0, 0.1) is 5.92 Å². The molecule has 0 rings (SSSR count). The van der Waals surface area contributed by atoms with Crippen LogP contribution in [0.1, 0.15) is 58.8 Å². The van der Waals surface area contributed by atoms with E-state index in [0.717, 1.165) is 38.5 Å². The molecule has 0 saturated carbocycles. The number of alkyl halides is 2. The summed E-state index contributed by atoms with van der Waals surface area (Å²) in [6.07, 6.45) is 5.80. The Hall–Kier alpha value is -0.850. The molecule has 1 atom stereocenters. The van der Waals surface area contributed by atoms with Gasteiger partial charge in [-0.05, 0) is 19.3 Å². The Morgan fingerprint density at radius 2 is 1.45 bits per heavy atom. The van der Waals surface area contributed by atoms with Gasteiger partial charge in [-0.3, -0.25) is 4.79 Å². The van der Waals surface area contributed by atoms with Crippen molar-refractivity contribution in [3.63, 3.8) is 0 Å². The van der Waals surface area contributed by atoms with E-state index >= 15 is 0 Å². The third kappa shape index (κ3) is 10.8. The summed E-state index contributed by atoms with van der Waals surface area (Å²) in [5.41, 5.74) is 0. The second-order valence-corrected chi connectivity index (χ2v) is 5.84. The maximum atomic E-state index is 12.3. The summed E-state index contributed by atoms with van der Waals surface area (Å²) in [6, 6.07) is 0. The van der Waals surface area contributed by atoms with Crippen molar-refractivity contribution in [1.29, 1.82) is 0 Å². The van der Waals surface area contributed by atoms with E-state index in [1.807, 2.05) is 13.8 Å². The summed E-state index contributed by atoms with van der Waals surface area (Å²) in [7, 11) is 0. The molecule has 0 aliphatic rings. The van der Waals surface area contributed by atoms with Gasteiger partial charge in [0.15, 0.2) is 0 Å². The first-order valence-corrected chi connectivity index (χ1v) is 8.17. The molecule has 0 fully saturated rings. The number of carbonyl (C=O) groups is 2. The van der Waals surface area contributed by atoms with Crippen LogP contribution in [0.5, 0.6) is 0 Å². The number of ether oxygens (including phenoxy) is 2. The lowest BCUT2D eigenvalue weighted by Crippen LogP contribution is -2.24. The first-order chi connectivity index (χ1) is 10.3. The molecule has 1 unspecified atom stereocenters. The Labute approximate surface area is 136 Å². The van der Waals surface area contributed by atoms with E-state index < -0.39 is 11.2 Å². The Balaban J connectivity index is 3.35. The van der Waals surface area contributed by atoms with Gasteiger partial charge in [-0.1, -0.05) is 52.2 Å². The summed E-state index contributed by atoms with van der Waals surface area (Å²) < 4.78 is 34.2. The van der Waals surface area contributed by atoms with E-state index in [0.29, 0.717) is 13.0 Å². The van der Waals surface area contributed by atoms with Crippen LogP contribution in [0.25, 0.3) is 0 Å². The highest BCUT2D eigenvalue weighted by Crippen LogP contribution is 2.19. The quantitative estimate of drug-likeness (QED) is 0.332. The molecule has 0 aromatic rings. The Bertz CT molecular complexity index is 332. The zero-order valence-corrected chi connectivity index (χ0v) is 14.2. The highest BCUT2D eigenvalue weighted by atomic mass is 32.1. The van der Waals surface area contributed by atoms with Crippen molar-refractivity contribution < 1.29 is 27.8 Å². The van der Waals surface area contributed by atoms with Gasteiger partial charge >= 0.3 is 17.2 Å². The number of hydrogen-bond acceptors (Lipinski definition) is 5. The van der Waals surface area contributed by atoms with Gasteiger partial charge in [-0.2, -0.15) is 8.78 Å². The van der Waals surface area contributed by atoms with Crippen molar-refractivity contribution in [2.24, 2.45) is 5.92 Å². The first-order valence-electron chi connectivity index (χ1n) is 7.73. The number of thiol groups is 1. The largest absolute Gasteiger partial charge is 0.465 e. The molecule has 130 valence electrons. The van der Waals surface area contributed by atoms with Crippen LogP contribution >= 0.6 is 12.6 Å². The Kier molecular flexibility index (Phi) is 11.2. The number of unbranched alkanes of at least 4 members (excludes halogenated alkanes) is 5. The lowest BCUT2D eigenvalue weighted by Gasteiger charge is -2.09. The predicted molar refractivity (Wildman–Crippen MR) is 83.0 cm³/mol. The van der Waals surface area contributed by atoms with Gasteiger partial charge in [-0.15, -0.1) is 0 Å². The number of rotatable bonds is 12. The fraction of sp³-hybridized carbons (Fsp3) is 0.867. The minimum absolute atomic E-state index is 0.0124. The fourth-order valence-electron chi connectivity index (χ4n) is 1.64. The predicted octanol–water partition coefficient (Wildman–Crippen LogP) is 3.98. The Morgan fingerprint density at radius 3 is 1.91 bits per heavy atom. The van der Waals surface area contributed by atoms with Crippen LogP contribution in [0.15, 0.2) is 0 Å². The van der Waals surface area contributed by atoms with Crippen molar-refractivity contribution in [1.82, 2.24) is 0 Å². The van der Waals surface area contributed by atoms with Gasteiger partial charge in [0.1, 0.15) is 0 Å². The lowest BCUT2D eigenvalue weighted by atomic mass is 10.1. The molecule has 0 amide bonds. The van der Waals surface area contributed by atoms with Crippen LogP contribution in [-0.2, 0) is 19.1 Å². The number of carbonyl (C=O) groups excluding carboxylic acids is 2. The van der Waals surface area contributed by atoms with Gasteiger partial charge in [0.25, 0.3) is 0 Å². The summed E-state index contributed by atoms with van der Waals surface area (Å²) in [4.78, 5) is 22.1. The van der Waals surface area contributed by atoms with E-state index in [9.17, 15) is 18.4 Å². The Morgan fingerprint density at radius 1 is 1.00 bits per heavy atom. The maximum Gasteiger partial charge on any atom is 0.388 e. The first kappa shape index (κ1) is 21.1. The van der Waals surface area contributed by atoms with Crippen LogP contribution < -0.4 is 0 Å². The zero-order chi connectivity index (χ0) is 17.0. The molecule has 0 heterocycles. The van der Waals surface area contributed by atoms with E-state index in [-0.39, 0.29) is 18.5 Å². The SMILES string of the molecule is CCC(C)C(=O)OCCCCCCCCOC(=O)C(F)(F)S. The third-order valence-corrected chi connectivity index (χ3v) is 3.46. The van der Waals surface area contributed by atoms with Crippen molar-refractivity contribution >= 4 is 24.6 Å². The number of hydrogen-bond donors (Lipinski definition) is 1. The van der Waals surface area contributed by atoms with Gasteiger partial charge < -0.3 is 9.47 Å². The standard InChI is InChI=1S/C15H26F2O4S/c1-3-12(2)13(18)20-10-8-6-4-5-7-9-11-21-14(19)15(16,17)22/h12,22H,3-11H2,1-2H3. The maximum absolute atomic E-state index is 12.3. The summed E-state index contributed by atoms with van der Waals surface area (Å²) in [6.45, 7) is 4.22. The normalized spacial score (nSPS) is 12.8. The summed E-state index contributed by atoms with van der Waals surface area (Å²) in [5, 5.41) is -3.72. The van der Waals surface area contributed by atoms with Crippen LogP contribution in [-0.4, -0.2) is 30.4 Å². The second kappa shape index (κ2) is 11.7. The van der Waals surface area contributed by atoms with Crippen LogP contribution in [0.4, 0.5) is 8.78 Å². The minimum Gasteiger partial charge on any atom is -0.465 e. The number of halogens is 2. The van der Waals surface area contributed by atoms with Gasteiger partial charge in [0.05, 0.1) is 19.1 Å². The van der Waals surface area contributed by atoms with Crippen molar-refractivity contribution in [3.05, 3.63) is 0 Å². The average molecular weight is 340 g/mol. The van der Waals surface area contributed by atoms with E-state index in [1.165, 1.54) is 0 Å². The third-order valence-electron chi connectivity index (χ3n) is 3.28. The molecular formula is C15H26F2O4S. The fourth-order valence-corrected chi connectivity index (χ4v) is 1.71. The molecular weight excluding hydrogens is 314 g/mol. The highest BCUT2D eigenvalue weighted by molar-refractivity contribution is 7.82. The van der Waals surface area contributed by atoms with E-state index in [1.54, 1.807) is 0 Å². The highest BCUT2D eigenvalue weighted by Gasteiger charge is 2.35. The zero-order valence-electron chi connectivity index (χ0n) is 13.3. The van der Waals surface area contributed by atoms with Gasteiger partial charge in [-0.25, -0.2) is 4.79 Å². The monoisotopic (exact) mass is 340 g/mol. The summed E-state index contributed by atoms with van der Waals surface area (Å²) in [5.74, 6) is -1.79. The average Bonchev–Trinajstić information content (AvgIpc) is 2.46. The molecule has 0 aliphatic heterocycles. The topological polar surface area (TPSA) is 52.6 Å².